The van der Waals surface area contributed by atoms with Crippen LogP contribution in [0.2, 0.25) is 0 Å². The molecule has 2 aliphatic rings. The summed E-state index contributed by atoms with van der Waals surface area (Å²) in [5.41, 5.74) is 0. The molecule has 5 nitrogen and oxygen atoms in total. The molecule has 0 N–H and O–H groups in total. The molecule has 0 aromatic carbocycles. The number of hydrogen-bond acceptors (Lipinski definition) is 5. The molecule has 97 valence electrons. The normalized spacial score (nSPS) is 35.8. The maximum absolute atomic E-state index is 12.0. The van der Waals surface area contributed by atoms with E-state index in [1.165, 1.54) is 7.11 Å². The van der Waals surface area contributed by atoms with Crippen molar-refractivity contribution in [3.63, 3.8) is 0 Å². The molecule has 1 fully saturated rings. The number of esters is 2. The van der Waals surface area contributed by atoms with Crippen molar-refractivity contribution in [3.8, 4) is 0 Å². The molecule has 5 atom stereocenters. The van der Waals surface area contributed by atoms with Gasteiger partial charge in [0.2, 0.25) is 10.5 Å². The average Bonchev–Trinajstić information content (AvgIpc) is 2.77. The first kappa shape index (κ1) is 13.3. The minimum absolute atomic E-state index is 0.0419. The van der Waals surface area contributed by atoms with E-state index in [1.807, 2.05) is 19.1 Å². The zero-order valence-corrected chi connectivity index (χ0v) is 11.3. The van der Waals surface area contributed by atoms with Crippen LogP contribution in [0.4, 0.5) is 0 Å². The fourth-order valence-corrected chi connectivity index (χ4v) is 2.90. The lowest BCUT2D eigenvalue weighted by Gasteiger charge is -2.34. The van der Waals surface area contributed by atoms with Crippen LogP contribution in [0.1, 0.15) is 6.92 Å². The lowest BCUT2D eigenvalue weighted by atomic mass is 9.70. The Bertz CT molecular complexity index is 381. The molecule has 2 rings (SSSR count). The third kappa shape index (κ3) is 2.10. The second-order valence-corrected chi connectivity index (χ2v) is 4.89. The maximum Gasteiger partial charge on any atom is 0.310 e. The Morgan fingerprint density at radius 3 is 2.89 bits per heavy atom. The number of methoxy groups -OCH3 is 1. The molecule has 1 aliphatic heterocycles. The molecule has 6 heteroatoms. The molecule has 0 amide bonds. The van der Waals surface area contributed by atoms with Gasteiger partial charge in [-0.2, -0.15) is 0 Å². The zero-order chi connectivity index (χ0) is 13.3. The molecule has 0 unspecified atom stereocenters. The summed E-state index contributed by atoms with van der Waals surface area (Å²) >= 11 is 0. The van der Waals surface area contributed by atoms with E-state index >= 15 is 0 Å². The second kappa shape index (κ2) is 5.24. The molecule has 1 saturated heterocycles. The van der Waals surface area contributed by atoms with E-state index in [2.05, 4.69) is 10.5 Å². The molecular formula is C12H15O5Si. The third-order valence-electron chi connectivity index (χ3n) is 3.73. The number of ether oxygens (including phenoxy) is 2. The van der Waals surface area contributed by atoms with Crippen molar-refractivity contribution >= 4 is 22.4 Å². The van der Waals surface area contributed by atoms with Crippen molar-refractivity contribution in [3.05, 3.63) is 12.2 Å². The van der Waals surface area contributed by atoms with Gasteiger partial charge in [-0.3, -0.25) is 9.59 Å². The van der Waals surface area contributed by atoms with Crippen LogP contribution in [0, 0.1) is 23.7 Å². The van der Waals surface area contributed by atoms with Gasteiger partial charge in [0, 0.05) is 17.9 Å². The van der Waals surface area contributed by atoms with E-state index in [1.54, 1.807) is 0 Å². The van der Waals surface area contributed by atoms with Gasteiger partial charge in [0.15, 0.2) is 0 Å². The second-order valence-electron chi connectivity index (χ2n) is 4.65. The summed E-state index contributed by atoms with van der Waals surface area (Å²) in [7, 11) is 4.31. The van der Waals surface area contributed by atoms with Crippen molar-refractivity contribution in [2.75, 3.05) is 13.7 Å². The molecule has 0 saturated carbocycles. The first-order valence-corrected chi connectivity index (χ1v) is 6.26. The Labute approximate surface area is 109 Å². The lowest BCUT2D eigenvalue weighted by Crippen LogP contribution is -2.43. The summed E-state index contributed by atoms with van der Waals surface area (Å²) < 4.78 is 14.9. The minimum Gasteiger partial charge on any atom is -0.469 e. The van der Waals surface area contributed by atoms with Gasteiger partial charge in [0.05, 0.1) is 25.6 Å². The van der Waals surface area contributed by atoms with Crippen molar-refractivity contribution in [2.45, 2.75) is 13.0 Å². The smallest absolute Gasteiger partial charge is 0.310 e. The number of fused-ring (bicyclic) bond motifs is 1. The van der Waals surface area contributed by atoms with Crippen LogP contribution in [-0.4, -0.2) is 42.2 Å². The fourth-order valence-electron chi connectivity index (χ4n) is 2.74. The Kier molecular flexibility index (Phi) is 3.87. The lowest BCUT2D eigenvalue weighted by molar-refractivity contribution is -0.157. The molecule has 1 aliphatic carbocycles. The van der Waals surface area contributed by atoms with Crippen LogP contribution in [0.5, 0.6) is 0 Å². The van der Waals surface area contributed by atoms with E-state index in [9.17, 15) is 9.59 Å². The van der Waals surface area contributed by atoms with Crippen molar-refractivity contribution < 1.29 is 23.5 Å². The van der Waals surface area contributed by atoms with Gasteiger partial charge in [-0.15, -0.1) is 0 Å². The molecule has 0 bridgehead atoms. The van der Waals surface area contributed by atoms with Gasteiger partial charge in [0.25, 0.3) is 0 Å². The number of carbonyl (C=O) groups is 2. The van der Waals surface area contributed by atoms with Crippen LogP contribution in [-0.2, 0) is 23.5 Å². The van der Waals surface area contributed by atoms with Crippen molar-refractivity contribution in [1.29, 1.82) is 0 Å². The van der Waals surface area contributed by atoms with Gasteiger partial charge in [-0.1, -0.05) is 12.2 Å². The summed E-state index contributed by atoms with van der Waals surface area (Å²) in [5.74, 6) is -1.98. The molecule has 18 heavy (non-hydrogen) atoms. The van der Waals surface area contributed by atoms with Crippen molar-refractivity contribution in [2.24, 2.45) is 23.7 Å². The number of cyclic esters (lactones) is 1. The topological polar surface area (TPSA) is 61.8 Å². The van der Waals surface area contributed by atoms with Gasteiger partial charge in [-0.25, -0.2) is 0 Å². The highest BCUT2D eigenvalue weighted by molar-refractivity contribution is 5.98. The Balaban J connectivity index is 2.33. The fraction of sp³-hybridized carbons (Fsp3) is 0.667. The van der Waals surface area contributed by atoms with Crippen LogP contribution in [0.3, 0.4) is 0 Å². The van der Waals surface area contributed by atoms with Gasteiger partial charge in [-0.05, 0) is 6.92 Å². The van der Waals surface area contributed by atoms with Crippen LogP contribution in [0.25, 0.3) is 0 Å². The molecule has 3 radical (unpaired) electrons. The Morgan fingerprint density at radius 1 is 1.56 bits per heavy atom. The summed E-state index contributed by atoms with van der Waals surface area (Å²) in [5, 5.41) is 0. The van der Waals surface area contributed by atoms with Crippen LogP contribution < -0.4 is 0 Å². The number of carbonyl (C=O) groups excluding carboxylic acids is 2. The van der Waals surface area contributed by atoms with E-state index in [-0.39, 0.29) is 23.9 Å². The molecular weight excluding hydrogens is 252 g/mol. The predicted octanol–water partition coefficient (Wildman–Crippen LogP) is 0.239. The zero-order valence-electron chi connectivity index (χ0n) is 10.3. The van der Waals surface area contributed by atoms with Gasteiger partial charge < -0.3 is 13.9 Å². The van der Waals surface area contributed by atoms with E-state index in [4.69, 9.17) is 13.9 Å². The third-order valence-corrected chi connectivity index (χ3v) is 4.11. The Hall–Kier alpha value is -1.14. The minimum atomic E-state index is -0.550. The first-order chi connectivity index (χ1) is 8.60. The highest BCUT2D eigenvalue weighted by atomic mass is 28.2. The van der Waals surface area contributed by atoms with Gasteiger partial charge in [0.1, 0.15) is 0 Å². The predicted molar refractivity (Wildman–Crippen MR) is 62.4 cm³/mol. The maximum atomic E-state index is 12.0. The quantitative estimate of drug-likeness (QED) is 0.416. The van der Waals surface area contributed by atoms with E-state index < -0.39 is 17.8 Å². The molecule has 0 aromatic heterocycles. The molecule has 0 spiro atoms. The highest BCUT2D eigenvalue weighted by Crippen LogP contribution is 2.41. The van der Waals surface area contributed by atoms with Crippen LogP contribution >= 0.6 is 0 Å². The summed E-state index contributed by atoms with van der Waals surface area (Å²) in [6.07, 6.45) is 3.60. The Morgan fingerprint density at radius 2 is 2.28 bits per heavy atom. The van der Waals surface area contributed by atoms with Gasteiger partial charge >= 0.3 is 11.9 Å². The number of rotatable bonds is 3. The SMILES string of the molecule is COC(=O)[C@H]1[C@H]([C@@H](C)O[Si])C=C[C@@H]2COC(=O)[C@@H]12. The van der Waals surface area contributed by atoms with E-state index in [0.29, 0.717) is 6.61 Å². The summed E-state index contributed by atoms with van der Waals surface area (Å²) in [6.45, 7) is 2.17. The summed E-state index contributed by atoms with van der Waals surface area (Å²) in [6, 6.07) is 0. The largest absolute Gasteiger partial charge is 0.469 e. The molecule has 0 aromatic rings. The highest BCUT2D eigenvalue weighted by Gasteiger charge is 2.51. The molecule has 1 heterocycles. The monoisotopic (exact) mass is 267 g/mol. The number of hydrogen-bond donors (Lipinski definition) is 0. The van der Waals surface area contributed by atoms with Crippen LogP contribution in [0.15, 0.2) is 12.2 Å². The first-order valence-electron chi connectivity index (χ1n) is 5.85. The standard InChI is InChI=1S/C12H15O5Si/c1-6(17-18)8-4-3-7-5-16-12(14)9(7)10(8)11(13)15-2/h3-4,6-10H,5H2,1-2H3/t6-,7-,8+,9-,10+/m1/s1. The summed E-state index contributed by atoms with van der Waals surface area (Å²) in [4.78, 5) is 23.7. The van der Waals surface area contributed by atoms with E-state index in [0.717, 1.165) is 0 Å². The van der Waals surface area contributed by atoms with Crippen molar-refractivity contribution in [1.82, 2.24) is 0 Å². The average molecular weight is 267 g/mol.